The average molecular weight is 427 g/mol. The fraction of sp³-hybridized carbons (Fsp3) is 0.438. The Morgan fingerprint density at radius 3 is 1.25 bits per heavy atom. The Bertz CT molecular complexity index is 871. The largest absolute Gasteiger partial charge is 0.0651 e. The van der Waals surface area contributed by atoms with Gasteiger partial charge in [0.25, 0.3) is 0 Å². The molecule has 0 aromatic heterocycles. The highest BCUT2D eigenvalue weighted by Crippen LogP contribution is 2.37. The highest BCUT2D eigenvalue weighted by Gasteiger charge is 2.21. The molecule has 4 unspecified atom stereocenters. The SMILES string of the molecule is CCC(C)CC(c1ccc(C)cc1)c1cccc(C(CC(C)CC)c2ccc(C)cc2)c1. The second kappa shape index (κ2) is 11.5. The molecule has 170 valence electrons. The quantitative estimate of drug-likeness (QED) is 0.303. The maximum absolute atomic E-state index is 2.51. The van der Waals surface area contributed by atoms with Crippen LogP contribution in [0.5, 0.6) is 0 Å². The Labute approximate surface area is 197 Å². The summed E-state index contributed by atoms with van der Waals surface area (Å²) in [7, 11) is 0. The van der Waals surface area contributed by atoms with Gasteiger partial charge in [-0.25, -0.2) is 0 Å². The topological polar surface area (TPSA) is 0 Å². The van der Waals surface area contributed by atoms with Gasteiger partial charge in [-0.15, -0.1) is 0 Å². The molecule has 4 atom stereocenters. The van der Waals surface area contributed by atoms with Gasteiger partial charge in [0.1, 0.15) is 0 Å². The fourth-order valence-corrected chi connectivity index (χ4v) is 4.66. The van der Waals surface area contributed by atoms with Crippen molar-refractivity contribution in [2.75, 3.05) is 0 Å². The summed E-state index contributed by atoms with van der Waals surface area (Å²) in [5.74, 6) is 2.32. The molecule has 0 bridgehead atoms. The first-order chi connectivity index (χ1) is 15.4. The molecule has 0 heterocycles. The number of hydrogen-bond donors (Lipinski definition) is 0. The van der Waals surface area contributed by atoms with E-state index in [1.54, 1.807) is 0 Å². The molecule has 0 saturated carbocycles. The third-order valence-electron chi connectivity index (χ3n) is 7.34. The number of rotatable bonds is 10. The van der Waals surface area contributed by atoms with Crippen LogP contribution in [0, 0.1) is 25.7 Å². The zero-order valence-corrected chi connectivity index (χ0v) is 21.1. The lowest BCUT2D eigenvalue weighted by molar-refractivity contribution is 0.479. The van der Waals surface area contributed by atoms with Crippen LogP contribution in [0.4, 0.5) is 0 Å². The van der Waals surface area contributed by atoms with Crippen molar-refractivity contribution in [1.82, 2.24) is 0 Å². The van der Waals surface area contributed by atoms with Gasteiger partial charge >= 0.3 is 0 Å². The molecular formula is C32H42. The molecule has 0 saturated heterocycles. The second-order valence-electron chi connectivity index (χ2n) is 10.1. The number of aryl methyl sites for hydroxylation is 2. The van der Waals surface area contributed by atoms with Crippen LogP contribution in [0.2, 0.25) is 0 Å². The van der Waals surface area contributed by atoms with Crippen LogP contribution >= 0.6 is 0 Å². The van der Waals surface area contributed by atoms with Crippen molar-refractivity contribution < 1.29 is 0 Å². The monoisotopic (exact) mass is 426 g/mol. The standard InChI is InChI=1S/C32H42/c1-7-23(3)20-31(27-16-12-25(5)13-17-27)29-10-9-11-30(22-29)32(21-24(4)8-2)28-18-14-26(6)15-19-28/h9-19,22-24,31-32H,7-8,20-21H2,1-6H3. The third-order valence-corrected chi connectivity index (χ3v) is 7.34. The number of hydrogen-bond acceptors (Lipinski definition) is 0. The molecule has 0 aliphatic rings. The molecule has 0 heteroatoms. The van der Waals surface area contributed by atoms with Gasteiger partial charge in [-0.1, -0.05) is 124 Å². The molecule has 3 aromatic rings. The zero-order chi connectivity index (χ0) is 23.1. The van der Waals surface area contributed by atoms with Gasteiger partial charge in [0.15, 0.2) is 0 Å². The van der Waals surface area contributed by atoms with Crippen LogP contribution in [0.1, 0.15) is 98.6 Å². The first-order valence-corrected chi connectivity index (χ1v) is 12.6. The van der Waals surface area contributed by atoms with Crippen molar-refractivity contribution in [2.45, 2.75) is 79.1 Å². The van der Waals surface area contributed by atoms with Crippen LogP contribution in [0.25, 0.3) is 0 Å². The summed E-state index contributed by atoms with van der Waals surface area (Å²) in [4.78, 5) is 0. The molecule has 0 amide bonds. The van der Waals surface area contributed by atoms with E-state index in [2.05, 4.69) is 114 Å². The molecule has 32 heavy (non-hydrogen) atoms. The van der Waals surface area contributed by atoms with E-state index >= 15 is 0 Å². The summed E-state index contributed by atoms with van der Waals surface area (Å²) in [6.07, 6.45) is 4.84. The van der Waals surface area contributed by atoms with E-state index in [0.29, 0.717) is 23.7 Å². The van der Waals surface area contributed by atoms with Gasteiger partial charge in [-0.2, -0.15) is 0 Å². The number of benzene rings is 3. The van der Waals surface area contributed by atoms with Crippen molar-refractivity contribution in [3.63, 3.8) is 0 Å². The van der Waals surface area contributed by atoms with Crippen molar-refractivity contribution in [2.24, 2.45) is 11.8 Å². The van der Waals surface area contributed by atoms with Crippen molar-refractivity contribution in [3.8, 4) is 0 Å². The summed E-state index contributed by atoms with van der Waals surface area (Å²) < 4.78 is 0. The highest BCUT2D eigenvalue weighted by molar-refractivity contribution is 5.40. The third kappa shape index (κ3) is 6.35. The summed E-state index contributed by atoms with van der Waals surface area (Å²) in [5.41, 5.74) is 8.49. The van der Waals surface area contributed by atoms with Crippen molar-refractivity contribution in [1.29, 1.82) is 0 Å². The first-order valence-electron chi connectivity index (χ1n) is 12.6. The van der Waals surface area contributed by atoms with Gasteiger partial charge in [-0.3, -0.25) is 0 Å². The average Bonchev–Trinajstić information content (AvgIpc) is 2.82. The summed E-state index contributed by atoms with van der Waals surface area (Å²) in [5, 5.41) is 0. The van der Waals surface area contributed by atoms with Gasteiger partial charge in [0, 0.05) is 11.8 Å². The highest BCUT2D eigenvalue weighted by atomic mass is 14.3. The van der Waals surface area contributed by atoms with Crippen LogP contribution in [-0.2, 0) is 0 Å². The molecule has 0 aliphatic carbocycles. The molecular weight excluding hydrogens is 384 g/mol. The minimum absolute atomic E-state index is 0.452. The lowest BCUT2D eigenvalue weighted by Gasteiger charge is -2.25. The van der Waals surface area contributed by atoms with Crippen LogP contribution < -0.4 is 0 Å². The maximum atomic E-state index is 2.51. The lowest BCUT2D eigenvalue weighted by atomic mass is 9.79. The Hall–Kier alpha value is -2.34. The van der Waals surface area contributed by atoms with E-state index in [4.69, 9.17) is 0 Å². The van der Waals surface area contributed by atoms with Crippen LogP contribution in [0.3, 0.4) is 0 Å². The van der Waals surface area contributed by atoms with E-state index in [0.717, 1.165) is 0 Å². The van der Waals surface area contributed by atoms with Gasteiger partial charge in [0.05, 0.1) is 0 Å². The minimum atomic E-state index is 0.452. The van der Waals surface area contributed by atoms with Crippen molar-refractivity contribution in [3.05, 3.63) is 106 Å². The smallest absolute Gasteiger partial charge is 0.00919 e. The normalized spacial score (nSPS) is 15.2. The molecule has 0 nitrogen and oxygen atoms in total. The molecule has 0 fully saturated rings. The molecule has 0 radical (unpaired) electrons. The van der Waals surface area contributed by atoms with E-state index in [1.807, 2.05) is 0 Å². The Kier molecular flexibility index (Phi) is 8.74. The van der Waals surface area contributed by atoms with Crippen LogP contribution in [0.15, 0.2) is 72.8 Å². The van der Waals surface area contributed by atoms with E-state index in [9.17, 15) is 0 Å². The van der Waals surface area contributed by atoms with Gasteiger partial charge in [-0.05, 0) is 60.8 Å². The second-order valence-corrected chi connectivity index (χ2v) is 10.1. The predicted octanol–water partition coefficient (Wildman–Crippen LogP) is 9.44. The van der Waals surface area contributed by atoms with E-state index in [1.165, 1.54) is 59.1 Å². The Balaban J connectivity index is 2.02. The fourth-order valence-electron chi connectivity index (χ4n) is 4.66. The molecule has 3 rings (SSSR count). The Morgan fingerprint density at radius 1 is 0.531 bits per heavy atom. The molecule has 0 N–H and O–H groups in total. The molecule has 3 aromatic carbocycles. The van der Waals surface area contributed by atoms with Gasteiger partial charge < -0.3 is 0 Å². The van der Waals surface area contributed by atoms with Crippen LogP contribution in [-0.4, -0.2) is 0 Å². The molecule has 0 spiro atoms. The van der Waals surface area contributed by atoms with Crippen molar-refractivity contribution >= 4 is 0 Å². The van der Waals surface area contributed by atoms with Gasteiger partial charge in [0.2, 0.25) is 0 Å². The first kappa shape index (κ1) is 24.3. The Morgan fingerprint density at radius 2 is 0.906 bits per heavy atom. The zero-order valence-electron chi connectivity index (χ0n) is 21.1. The van der Waals surface area contributed by atoms with E-state index in [-0.39, 0.29) is 0 Å². The minimum Gasteiger partial charge on any atom is -0.0651 e. The van der Waals surface area contributed by atoms with E-state index < -0.39 is 0 Å². The molecule has 0 aliphatic heterocycles. The predicted molar refractivity (Wildman–Crippen MR) is 141 cm³/mol. The summed E-state index contributed by atoms with van der Waals surface area (Å²) >= 11 is 0. The summed E-state index contributed by atoms with van der Waals surface area (Å²) in [6, 6.07) is 27.9. The lowest BCUT2D eigenvalue weighted by Crippen LogP contribution is -2.10. The maximum Gasteiger partial charge on any atom is 0.00919 e. The summed E-state index contributed by atoms with van der Waals surface area (Å²) in [6.45, 7) is 13.8.